The molecule has 0 unspecified atom stereocenters. The van der Waals surface area contributed by atoms with Crippen LogP contribution in [0.3, 0.4) is 0 Å². The molecule has 0 aliphatic carbocycles. The molecule has 0 saturated carbocycles. The number of hydrogen-bond donors (Lipinski definition) is 1. The van der Waals surface area contributed by atoms with Crippen molar-refractivity contribution in [2.24, 2.45) is 0 Å². The molecule has 0 fully saturated rings. The van der Waals surface area contributed by atoms with Crippen molar-refractivity contribution in [3.05, 3.63) is 40.9 Å². The Bertz CT molecular complexity index is 705. The molecule has 3 aromatic rings. The molecular formula is C11H6O4. The molecule has 0 bridgehead atoms. The monoisotopic (exact) mass is 202 g/mol. The molecule has 0 amide bonds. The quantitative estimate of drug-likeness (QED) is 0.568. The van der Waals surface area contributed by atoms with Gasteiger partial charge in [-0.3, -0.25) is 0 Å². The predicted molar refractivity (Wildman–Crippen MR) is 53.9 cm³/mol. The first kappa shape index (κ1) is 8.11. The highest BCUT2D eigenvalue weighted by Gasteiger charge is 2.06. The van der Waals surface area contributed by atoms with Crippen molar-refractivity contribution in [2.75, 3.05) is 0 Å². The number of furan rings is 1. The van der Waals surface area contributed by atoms with E-state index in [1.807, 2.05) is 0 Å². The van der Waals surface area contributed by atoms with Gasteiger partial charge in [-0.1, -0.05) is 0 Å². The van der Waals surface area contributed by atoms with Crippen LogP contribution in [0.25, 0.3) is 21.9 Å². The second-order valence-electron chi connectivity index (χ2n) is 3.27. The fourth-order valence-corrected chi connectivity index (χ4v) is 1.57. The van der Waals surface area contributed by atoms with E-state index in [1.165, 1.54) is 6.07 Å². The van der Waals surface area contributed by atoms with Crippen LogP contribution >= 0.6 is 0 Å². The highest BCUT2D eigenvalue weighted by atomic mass is 16.4. The first-order chi connectivity index (χ1) is 7.24. The van der Waals surface area contributed by atoms with Crippen molar-refractivity contribution < 1.29 is 13.9 Å². The summed E-state index contributed by atoms with van der Waals surface area (Å²) in [7, 11) is 0. The maximum absolute atomic E-state index is 11.1. The molecule has 1 aromatic carbocycles. The lowest BCUT2D eigenvalue weighted by molar-refractivity contribution is 0.428. The second-order valence-corrected chi connectivity index (χ2v) is 3.27. The summed E-state index contributed by atoms with van der Waals surface area (Å²) in [5, 5.41) is 10.8. The number of rotatable bonds is 0. The van der Waals surface area contributed by atoms with E-state index < -0.39 is 5.63 Å². The Labute approximate surface area is 83.3 Å². The van der Waals surface area contributed by atoms with Gasteiger partial charge < -0.3 is 13.9 Å². The van der Waals surface area contributed by atoms with Crippen LogP contribution in [0.1, 0.15) is 0 Å². The highest BCUT2D eigenvalue weighted by Crippen LogP contribution is 2.24. The maximum atomic E-state index is 11.1. The molecule has 2 heterocycles. The van der Waals surface area contributed by atoms with Crippen LogP contribution in [0.4, 0.5) is 0 Å². The van der Waals surface area contributed by atoms with E-state index in [0.717, 1.165) is 5.39 Å². The Hall–Kier alpha value is -2.23. The van der Waals surface area contributed by atoms with E-state index in [0.29, 0.717) is 16.6 Å². The smallest absolute Gasteiger partial charge is 0.378 e. The second kappa shape index (κ2) is 2.63. The van der Waals surface area contributed by atoms with Gasteiger partial charge in [-0.2, -0.15) is 0 Å². The lowest BCUT2D eigenvalue weighted by Crippen LogP contribution is -1.96. The Kier molecular flexibility index (Phi) is 1.42. The number of hydrogen-bond acceptors (Lipinski definition) is 4. The van der Waals surface area contributed by atoms with E-state index >= 15 is 0 Å². The van der Waals surface area contributed by atoms with Gasteiger partial charge in [-0.15, -0.1) is 0 Å². The van der Waals surface area contributed by atoms with Crippen LogP contribution in [-0.4, -0.2) is 5.11 Å². The Morgan fingerprint density at radius 3 is 2.80 bits per heavy atom. The number of benzene rings is 1. The van der Waals surface area contributed by atoms with Crippen LogP contribution in [-0.2, 0) is 0 Å². The minimum Gasteiger partial charge on any atom is -0.502 e. The van der Waals surface area contributed by atoms with Crippen LogP contribution < -0.4 is 5.63 Å². The van der Waals surface area contributed by atoms with Crippen molar-refractivity contribution >= 4 is 21.9 Å². The van der Waals surface area contributed by atoms with Crippen LogP contribution in [0.15, 0.2) is 44.2 Å². The molecule has 4 heteroatoms. The molecule has 74 valence electrons. The van der Waals surface area contributed by atoms with Crippen molar-refractivity contribution in [1.29, 1.82) is 0 Å². The van der Waals surface area contributed by atoms with Gasteiger partial charge in [0.15, 0.2) is 0 Å². The van der Waals surface area contributed by atoms with Gasteiger partial charge in [-0.25, -0.2) is 4.79 Å². The molecule has 0 aliphatic heterocycles. The van der Waals surface area contributed by atoms with E-state index in [1.54, 1.807) is 24.5 Å². The molecule has 0 radical (unpaired) electrons. The maximum Gasteiger partial charge on any atom is 0.378 e. The lowest BCUT2D eigenvalue weighted by Gasteiger charge is -1.96. The normalized spacial score (nSPS) is 11.2. The van der Waals surface area contributed by atoms with Gasteiger partial charge in [0.25, 0.3) is 0 Å². The van der Waals surface area contributed by atoms with Gasteiger partial charge in [0.1, 0.15) is 11.2 Å². The van der Waals surface area contributed by atoms with Gasteiger partial charge in [-0.05, 0) is 18.2 Å². The summed E-state index contributed by atoms with van der Waals surface area (Å²) in [6.07, 6.45) is 1.56. The van der Waals surface area contributed by atoms with Gasteiger partial charge in [0.2, 0.25) is 5.75 Å². The fraction of sp³-hybridized carbons (Fsp3) is 0. The van der Waals surface area contributed by atoms with Crippen molar-refractivity contribution in [3.8, 4) is 5.75 Å². The third kappa shape index (κ3) is 1.11. The summed E-state index contributed by atoms with van der Waals surface area (Å²) in [6.45, 7) is 0. The van der Waals surface area contributed by atoms with Crippen molar-refractivity contribution in [2.45, 2.75) is 0 Å². The summed E-state index contributed by atoms with van der Waals surface area (Å²) in [5.74, 6) is -0.384. The van der Waals surface area contributed by atoms with Crippen LogP contribution in [0, 0.1) is 0 Å². The summed E-state index contributed by atoms with van der Waals surface area (Å²) < 4.78 is 10.1. The molecule has 0 aliphatic rings. The Balaban J connectivity index is 2.54. The molecule has 2 aromatic heterocycles. The topological polar surface area (TPSA) is 63.6 Å². The van der Waals surface area contributed by atoms with E-state index in [4.69, 9.17) is 8.83 Å². The molecule has 3 rings (SSSR count). The predicted octanol–water partition coefficient (Wildman–Crippen LogP) is 2.24. The third-order valence-electron chi connectivity index (χ3n) is 2.29. The zero-order valence-corrected chi connectivity index (χ0v) is 7.56. The summed E-state index contributed by atoms with van der Waals surface area (Å²) in [6, 6.07) is 6.60. The van der Waals surface area contributed by atoms with Crippen molar-refractivity contribution in [3.63, 3.8) is 0 Å². The third-order valence-corrected chi connectivity index (χ3v) is 2.29. The van der Waals surface area contributed by atoms with E-state index in [2.05, 4.69) is 0 Å². The molecule has 4 nitrogen and oxygen atoms in total. The largest absolute Gasteiger partial charge is 0.502 e. The highest BCUT2D eigenvalue weighted by molar-refractivity contribution is 5.93. The Morgan fingerprint density at radius 1 is 1.07 bits per heavy atom. The van der Waals surface area contributed by atoms with Crippen molar-refractivity contribution in [1.82, 2.24) is 0 Å². The standard InChI is InChI=1S/C11H6O4/c12-8-4-7-3-6-1-2-14-9(6)5-10(7)15-11(8)13/h1-5,12H. The number of fused-ring (bicyclic) bond motifs is 2. The molecular weight excluding hydrogens is 196 g/mol. The SMILES string of the molecule is O=c1oc2cc3occc3cc2cc1O. The van der Waals surface area contributed by atoms with Gasteiger partial charge in [0, 0.05) is 16.8 Å². The summed E-state index contributed by atoms with van der Waals surface area (Å²) >= 11 is 0. The molecule has 1 N–H and O–H groups in total. The Morgan fingerprint density at radius 2 is 1.93 bits per heavy atom. The lowest BCUT2D eigenvalue weighted by atomic mass is 10.2. The minimum absolute atomic E-state index is 0.384. The summed E-state index contributed by atoms with van der Waals surface area (Å²) in [5.41, 5.74) is 0.310. The molecule has 0 saturated heterocycles. The first-order valence-corrected chi connectivity index (χ1v) is 4.38. The fourth-order valence-electron chi connectivity index (χ4n) is 1.57. The van der Waals surface area contributed by atoms with Gasteiger partial charge in [0.05, 0.1) is 6.26 Å². The van der Waals surface area contributed by atoms with Crippen LogP contribution in [0.2, 0.25) is 0 Å². The molecule has 0 atom stereocenters. The zero-order chi connectivity index (χ0) is 10.4. The number of aromatic hydroxyl groups is 1. The minimum atomic E-state index is -0.742. The van der Waals surface area contributed by atoms with Gasteiger partial charge >= 0.3 is 5.63 Å². The average molecular weight is 202 g/mol. The van der Waals surface area contributed by atoms with Crippen LogP contribution in [0.5, 0.6) is 5.75 Å². The molecule has 0 spiro atoms. The van der Waals surface area contributed by atoms with E-state index in [-0.39, 0.29) is 5.75 Å². The zero-order valence-electron chi connectivity index (χ0n) is 7.56. The average Bonchev–Trinajstić information content (AvgIpc) is 2.63. The first-order valence-electron chi connectivity index (χ1n) is 4.38. The van der Waals surface area contributed by atoms with E-state index in [9.17, 15) is 9.90 Å². The summed E-state index contributed by atoms with van der Waals surface area (Å²) in [4.78, 5) is 11.1. The molecule has 15 heavy (non-hydrogen) atoms.